The predicted molar refractivity (Wildman–Crippen MR) is 60.7 cm³/mol. The van der Waals surface area contributed by atoms with Gasteiger partial charge in [-0.3, -0.25) is 0 Å². The average molecular weight is 221 g/mol. The van der Waals surface area contributed by atoms with Gasteiger partial charge in [-0.1, -0.05) is 6.92 Å². The third-order valence-corrected chi connectivity index (χ3v) is 3.23. The van der Waals surface area contributed by atoms with E-state index in [4.69, 9.17) is 5.11 Å². The Morgan fingerprint density at radius 3 is 2.87 bits per heavy atom. The summed E-state index contributed by atoms with van der Waals surface area (Å²) in [4.78, 5) is 15.3. The molecule has 0 fully saturated rings. The second-order valence-electron chi connectivity index (χ2n) is 3.37. The molecule has 0 saturated heterocycles. The largest absolute Gasteiger partial charge is 0.478 e. The molecule has 15 heavy (non-hydrogen) atoms. The number of rotatable bonds is 2. The Kier molecular flexibility index (Phi) is 2.44. The summed E-state index contributed by atoms with van der Waals surface area (Å²) in [5, 5.41) is 9.93. The highest BCUT2D eigenvalue weighted by Gasteiger charge is 2.11. The standard InChI is InChI=1S/C11H11NO2S/c1-3-7-4-8(11(13)14)5-9-10(7)12-6(2)15-9/h4-5H,3H2,1-2H3,(H,13,14). The molecular formula is C11H11NO2S. The van der Waals surface area contributed by atoms with Gasteiger partial charge >= 0.3 is 5.97 Å². The summed E-state index contributed by atoms with van der Waals surface area (Å²) in [5.74, 6) is -0.877. The van der Waals surface area contributed by atoms with Crippen LogP contribution in [0.15, 0.2) is 12.1 Å². The van der Waals surface area contributed by atoms with Crippen LogP contribution in [0.25, 0.3) is 10.2 Å². The highest BCUT2D eigenvalue weighted by atomic mass is 32.1. The Bertz CT molecular complexity index is 531. The molecule has 4 heteroatoms. The van der Waals surface area contributed by atoms with Crippen molar-refractivity contribution in [2.75, 3.05) is 0 Å². The van der Waals surface area contributed by atoms with E-state index in [0.717, 1.165) is 27.2 Å². The fraction of sp³-hybridized carbons (Fsp3) is 0.273. The zero-order valence-corrected chi connectivity index (χ0v) is 9.39. The third kappa shape index (κ3) is 1.72. The molecule has 2 aromatic rings. The monoisotopic (exact) mass is 221 g/mol. The van der Waals surface area contributed by atoms with Crippen LogP contribution in [-0.4, -0.2) is 16.1 Å². The van der Waals surface area contributed by atoms with E-state index in [1.54, 1.807) is 12.1 Å². The molecule has 1 heterocycles. The van der Waals surface area contributed by atoms with E-state index >= 15 is 0 Å². The van der Waals surface area contributed by atoms with Gasteiger partial charge < -0.3 is 5.11 Å². The van der Waals surface area contributed by atoms with E-state index < -0.39 is 5.97 Å². The summed E-state index contributed by atoms with van der Waals surface area (Å²) in [6.45, 7) is 3.94. The maximum atomic E-state index is 10.9. The van der Waals surface area contributed by atoms with Crippen molar-refractivity contribution in [3.8, 4) is 0 Å². The van der Waals surface area contributed by atoms with Gasteiger partial charge in [0.15, 0.2) is 0 Å². The number of thiazole rings is 1. The van der Waals surface area contributed by atoms with E-state index in [9.17, 15) is 4.79 Å². The van der Waals surface area contributed by atoms with Crippen molar-refractivity contribution in [2.24, 2.45) is 0 Å². The number of carboxylic acids is 1. The molecule has 0 spiro atoms. The van der Waals surface area contributed by atoms with Crippen LogP contribution in [0.2, 0.25) is 0 Å². The maximum absolute atomic E-state index is 10.9. The fourth-order valence-corrected chi connectivity index (χ4v) is 2.52. The van der Waals surface area contributed by atoms with Crippen LogP contribution in [0, 0.1) is 6.92 Å². The molecule has 2 rings (SSSR count). The summed E-state index contributed by atoms with van der Waals surface area (Å²) >= 11 is 1.54. The van der Waals surface area contributed by atoms with Gasteiger partial charge in [-0.25, -0.2) is 9.78 Å². The zero-order valence-electron chi connectivity index (χ0n) is 8.57. The Morgan fingerprint density at radius 1 is 1.53 bits per heavy atom. The van der Waals surface area contributed by atoms with Crippen molar-refractivity contribution < 1.29 is 9.90 Å². The molecule has 0 atom stereocenters. The van der Waals surface area contributed by atoms with Crippen LogP contribution in [0.5, 0.6) is 0 Å². The number of benzene rings is 1. The number of hydrogen-bond acceptors (Lipinski definition) is 3. The summed E-state index contributed by atoms with van der Waals surface area (Å²) in [7, 11) is 0. The molecule has 0 aliphatic carbocycles. The molecule has 0 saturated carbocycles. The normalized spacial score (nSPS) is 10.8. The lowest BCUT2D eigenvalue weighted by Gasteiger charge is -2.00. The van der Waals surface area contributed by atoms with Gasteiger partial charge in [0.25, 0.3) is 0 Å². The van der Waals surface area contributed by atoms with Gasteiger partial charge in [0.2, 0.25) is 0 Å². The number of hydrogen-bond donors (Lipinski definition) is 1. The van der Waals surface area contributed by atoms with Crippen LogP contribution < -0.4 is 0 Å². The lowest BCUT2D eigenvalue weighted by molar-refractivity contribution is 0.0697. The topological polar surface area (TPSA) is 50.2 Å². The average Bonchev–Trinajstić information content (AvgIpc) is 2.56. The summed E-state index contributed by atoms with van der Waals surface area (Å²) in [5.41, 5.74) is 2.31. The number of nitrogens with zero attached hydrogens (tertiary/aromatic N) is 1. The Hall–Kier alpha value is -1.42. The summed E-state index contributed by atoms with van der Waals surface area (Å²) < 4.78 is 0.962. The van der Waals surface area contributed by atoms with Gasteiger partial charge in [-0.15, -0.1) is 11.3 Å². The van der Waals surface area contributed by atoms with Crippen molar-refractivity contribution in [1.29, 1.82) is 0 Å². The minimum absolute atomic E-state index is 0.350. The number of carboxylic acid groups (broad SMARTS) is 1. The van der Waals surface area contributed by atoms with Gasteiger partial charge in [-0.05, 0) is 31.0 Å². The van der Waals surface area contributed by atoms with Gasteiger partial charge in [0, 0.05) is 0 Å². The molecular weight excluding hydrogens is 210 g/mol. The highest BCUT2D eigenvalue weighted by Crippen LogP contribution is 2.26. The molecule has 0 amide bonds. The highest BCUT2D eigenvalue weighted by molar-refractivity contribution is 7.18. The van der Waals surface area contributed by atoms with Crippen LogP contribution in [-0.2, 0) is 6.42 Å². The van der Waals surface area contributed by atoms with Crippen LogP contribution in [0.4, 0.5) is 0 Å². The van der Waals surface area contributed by atoms with E-state index in [1.807, 2.05) is 13.8 Å². The maximum Gasteiger partial charge on any atom is 0.335 e. The molecule has 0 bridgehead atoms. The molecule has 0 radical (unpaired) electrons. The molecule has 1 N–H and O–H groups in total. The number of aromatic nitrogens is 1. The third-order valence-electron chi connectivity index (χ3n) is 2.31. The first-order valence-corrected chi connectivity index (χ1v) is 5.57. The second kappa shape index (κ2) is 3.62. The molecule has 0 unspecified atom stereocenters. The van der Waals surface area contributed by atoms with Crippen molar-refractivity contribution in [1.82, 2.24) is 4.98 Å². The molecule has 0 aliphatic heterocycles. The van der Waals surface area contributed by atoms with Gasteiger partial charge in [0.1, 0.15) is 0 Å². The van der Waals surface area contributed by atoms with E-state index in [0.29, 0.717) is 5.56 Å². The van der Waals surface area contributed by atoms with Crippen molar-refractivity contribution in [3.05, 3.63) is 28.3 Å². The first-order valence-electron chi connectivity index (χ1n) is 4.75. The summed E-state index contributed by atoms with van der Waals surface area (Å²) in [6, 6.07) is 3.41. The molecule has 78 valence electrons. The zero-order chi connectivity index (χ0) is 11.0. The first-order chi connectivity index (χ1) is 7.11. The SMILES string of the molecule is CCc1cc(C(=O)O)cc2sc(C)nc12. The molecule has 3 nitrogen and oxygen atoms in total. The minimum atomic E-state index is -0.877. The second-order valence-corrected chi connectivity index (χ2v) is 4.61. The Morgan fingerprint density at radius 2 is 2.27 bits per heavy atom. The van der Waals surface area contributed by atoms with Crippen LogP contribution in [0.1, 0.15) is 27.9 Å². The van der Waals surface area contributed by atoms with E-state index in [2.05, 4.69) is 4.98 Å². The number of carbonyl (C=O) groups is 1. The van der Waals surface area contributed by atoms with Crippen molar-refractivity contribution in [3.63, 3.8) is 0 Å². The number of aryl methyl sites for hydroxylation is 2. The van der Waals surface area contributed by atoms with Crippen molar-refractivity contribution >= 4 is 27.5 Å². The van der Waals surface area contributed by atoms with Crippen LogP contribution in [0.3, 0.4) is 0 Å². The number of aromatic carboxylic acids is 1. The predicted octanol–water partition coefficient (Wildman–Crippen LogP) is 2.87. The fourth-order valence-electron chi connectivity index (χ4n) is 1.60. The molecule has 1 aromatic heterocycles. The Balaban J connectivity index is 2.76. The van der Waals surface area contributed by atoms with E-state index in [1.165, 1.54) is 11.3 Å². The van der Waals surface area contributed by atoms with E-state index in [-0.39, 0.29) is 0 Å². The van der Waals surface area contributed by atoms with Gasteiger partial charge in [0.05, 0.1) is 20.8 Å². The number of fused-ring (bicyclic) bond motifs is 1. The van der Waals surface area contributed by atoms with Crippen LogP contribution >= 0.6 is 11.3 Å². The molecule has 0 aliphatic rings. The lowest BCUT2D eigenvalue weighted by Crippen LogP contribution is -1.97. The smallest absolute Gasteiger partial charge is 0.335 e. The summed E-state index contributed by atoms with van der Waals surface area (Å²) in [6.07, 6.45) is 0.806. The molecule has 1 aromatic carbocycles. The first kappa shape index (κ1) is 10.1. The quantitative estimate of drug-likeness (QED) is 0.848. The van der Waals surface area contributed by atoms with Gasteiger partial charge in [-0.2, -0.15) is 0 Å². The Labute approximate surface area is 91.4 Å². The van der Waals surface area contributed by atoms with Crippen molar-refractivity contribution in [2.45, 2.75) is 20.3 Å². The lowest BCUT2D eigenvalue weighted by atomic mass is 10.1. The minimum Gasteiger partial charge on any atom is -0.478 e.